The number of aromatic carboxylic acids is 1. The van der Waals surface area contributed by atoms with E-state index in [1.165, 1.54) is 24.3 Å². The molecule has 0 aliphatic heterocycles. The van der Waals surface area contributed by atoms with Crippen molar-refractivity contribution in [1.82, 2.24) is 0 Å². The van der Waals surface area contributed by atoms with Crippen LogP contribution in [0, 0.1) is 0 Å². The predicted octanol–water partition coefficient (Wildman–Crippen LogP) is 1.09. The molecule has 0 saturated carbocycles. The number of phenolic OH excluding ortho intramolecular Hbond substituents is 1. The van der Waals surface area contributed by atoms with E-state index in [0.29, 0.717) is 0 Å². The van der Waals surface area contributed by atoms with E-state index in [-0.39, 0.29) is 11.3 Å². The van der Waals surface area contributed by atoms with Gasteiger partial charge in [-0.2, -0.15) is 0 Å². The number of carbonyl (C=O) groups is 1. The Morgan fingerprint density at radius 1 is 1.40 bits per heavy atom. The molecule has 0 bridgehead atoms. The van der Waals surface area contributed by atoms with Crippen LogP contribution in [0.25, 0.3) is 1.43 Å². The Balaban J connectivity index is 2.90. The minimum absolute atomic E-state index is 0.0755. The number of hydrogen-bond donors (Lipinski definition) is 2. The van der Waals surface area contributed by atoms with Crippen molar-refractivity contribution in [2.75, 3.05) is 0 Å². The second-order valence-corrected chi connectivity index (χ2v) is 1.83. The zero-order valence-electron chi connectivity index (χ0n) is 6.07. The van der Waals surface area contributed by atoms with E-state index in [1.54, 1.807) is 0 Å². The molecule has 0 unspecified atom stereocenters. The van der Waals surface area contributed by atoms with Gasteiger partial charge in [0, 0.05) is 0 Å². The number of benzene rings is 1. The van der Waals surface area contributed by atoms with Gasteiger partial charge in [0.05, 0.1) is 5.56 Å². The summed E-state index contributed by atoms with van der Waals surface area (Å²) in [4.78, 5) is 10.6. The van der Waals surface area contributed by atoms with Crippen LogP contribution in [0.5, 0.6) is 5.75 Å². The zero-order chi connectivity index (χ0) is 8.27. The molecule has 0 aliphatic carbocycles. The van der Waals surface area contributed by atoms with Crippen molar-refractivity contribution in [2.45, 2.75) is 0 Å². The van der Waals surface area contributed by atoms with E-state index in [4.69, 9.17) is 6.54 Å². The lowest BCUT2D eigenvalue weighted by Crippen LogP contribution is -1.93. The van der Waals surface area contributed by atoms with Crippen LogP contribution in [0.1, 0.15) is 10.4 Å². The molecule has 52 valence electrons. The quantitative estimate of drug-likeness (QED) is 0.612. The highest BCUT2D eigenvalue weighted by Gasteiger charge is 1.99. The molecule has 3 heteroatoms. The lowest BCUT2D eigenvalue weighted by atomic mass is 10.2. The highest BCUT2D eigenvalue weighted by molar-refractivity contribution is 5.87. The fourth-order valence-electron chi connectivity index (χ4n) is 0.598. The van der Waals surface area contributed by atoms with Crippen LogP contribution < -0.4 is 0 Å². The monoisotopic (exact) mass is 139 g/mol. The molecule has 0 amide bonds. The van der Waals surface area contributed by atoms with Crippen molar-refractivity contribution in [3.8, 4) is 5.75 Å². The topological polar surface area (TPSA) is 57.5 Å². The minimum Gasteiger partial charge on any atom is -0.508 e. The van der Waals surface area contributed by atoms with E-state index in [0.717, 1.165) is 0 Å². The average Bonchev–Trinajstić information content (AvgIpc) is 2.05. The van der Waals surface area contributed by atoms with E-state index < -0.39 is 5.97 Å². The lowest BCUT2D eigenvalue weighted by Gasteiger charge is -1.92. The summed E-state index contributed by atoms with van der Waals surface area (Å²) in [6.07, 6.45) is 0. The van der Waals surface area contributed by atoms with Crippen LogP contribution in [0.2, 0.25) is 0 Å². The normalized spacial score (nSPS) is 10.2. The number of rotatable bonds is 1. The van der Waals surface area contributed by atoms with Gasteiger partial charge < -0.3 is 10.2 Å². The molecule has 0 spiro atoms. The van der Waals surface area contributed by atoms with E-state index in [2.05, 4.69) is 5.11 Å². The van der Waals surface area contributed by atoms with Gasteiger partial charge in [0.2, 0.25) is 0 Å². The molecule has 0 atom stereocenters. The molecule has 3 nitrogen and oxygen atoms in total. The van der Waals surface area contributed by atoms with Crippen LogP contribution in [0.3, 0.4) is 0 Å². The van der Waals surface area contributed by atoms with Crippen molar-refractivity contribution in [3.63, 3.8) is 0 Å². The Labute approximate surface area is 59.0 Å². The first-order chi connectivity index (χ1) is 5.24. The molecule has 1 aromatic carbocycles. The molecular weight excluding hydrogens is 132 g/mol. The van der Waals surface area contributed by atoms with Gasteiger partial charge in [-0.15, -0.1) is 0 Å². The first kappa shape index (κ1) is 5.29. The summed E-state index contributed by atoms with van der Waals surface area (Å²) in [6, 6.07) is 5.47. The van der Waals surface area contributed by atoms with Crippen molar-refractivity contribution in [3.05, 3.63) is 29.8 Å². The number of carboxylic acids is 1. The Morgan fingerprint density at radius 3 is 2.50 bits per heavy atom. The smallest absolute Gasteiger partial charge is 0.335 e. The van der Waals surface area contributed by atoms with Gasteiger partial charge in [0.25, 0.3) is 1.43 Å². The van der Waals surface area contributed by atoms with Crippen LogP contribution in [-0.4, -0.2) is 16.2 Å². The van der Waals surface area contributed by atoms with Crippen molar-refractivity contribution in [2.24, 2.45) is 0 Å². The second-order valence-electron chi connectivity index (χ2n) is 1.83. The average molecular weight is 139 g/mol. The second kappa shape index (κ2) is 2.39. The summed E-state index contributed by atoms with van der Waals surface area (Å²) in [6.45, 7) is 0. The Kier molecular flexibility index (Phi) is 1.26. The lowest BCUT2D eigenvalue weighted by molar-refractivity contribution is 0.0697. The molecular formula is C7H6O3. The highest BCUT2D eigenvalue weighted by Crippen LogP contribution is 2.08. The summed E-state index contributed by atoms with van der Waals surface area (Å²) in [5.41, 5.74) is 0.248. The Bertz CT molecular complexity index is 255. The maximum absolute atomic E-state index is 10.6. The summed E-state index contributed by atoms with van der Waals surface area (Å²) in [5.74, 6) is -0.656. The van der Waals surface area contributed by atoms with E-state index in [1.807, 2.05) is 0 Å². The van der Waals surface area contributed by atoms with E-state index >= 15 is 0 Å². The number of hydrogen-bond acceptors (Lipinski definition) is 3. The third-order valence-corrected chi connectivity index (χ3v) is 1.10. The summed E-state index contributed by atoms with van der Waals surface area (Å²) >= 11 is 0. The fourth-order valence-corrected chi connectivity index (χ4v) is 0.598. The van der Waals surface area contributed by atoms with E-state index in [9.17, 15) is 4.79 Å². The first-order valence-electron chi connectivity index (χ1n) is 3.11. The van der Waals surface area contributed by atoms with Gasteiger partial charge in [0.15, 0.2) is 0 Å². The molecule has 0 radical (unpaired) electrons. The summed E-state index contributed by atoms with van der Waals surface area (Å²) in [7, 11) is 0. The van der Waals surface area contributed by atoms with Gasteiger partial charge in [0.1, 0.15) is 5.75 Å². The SMILES string of the molecule is [2H]OC(=O)c1ccc(O)cc1. The van der Waals surface area contributed by atoms with Crippen LogP contribution in [-0.2, 0) is 0 Å². The standard InChI is InChI=1S/C7H6O3/c8-6-3-1-5(2-4-6)7(9)10/h1-4,8H,(H,9,10)/i/hD. The molecule has 1 aromatic rings. The van der Waals surface area contributed by atoms with Gasteiger partial charge in [-0.05, 0) is 24.3 Å². The minimum atomic E-state index is -0.731. The number of aromatic hydroxyl groups is 1. The third kappa shape index (κ3) is 1.25. The molecule has 0 aliphatic rings. The van der Waals surface area contributed by atoms with Gasteiger partial charge in [-0.3, -0.25) is 0 Å². The largest absolute Gasteiger partial charge is 0.508 e. The highest BCUT2D eigenvalue weighted by atomic mass is 16.4. The van der Waals surface area contributed by atoms with Crippen LogP contribution >= 0.6 is 0 Å². The molecule has 0 heterocycles. The molecule has 1 rings (SSSR count). The van der Waals surface area contributed by atoms with Crippen LogP contribution in [0.4, 0.5) is 0 Å². The first-order valence-corrected chi connectivity index (χ1v) is 2.70. The maximum atomic E-state index is 10.6. The fraction of sp³-hybridized carbons (Fsp3) is 0. The molecule has 0 aromatic heterocycles. The van der Waals surface area contributed by atoms with Crippen molar-refractivity contribution in [1.29, 1.82) is 1.43 Å². The molecule has 0 saturated heterocycles. The van der Waals surface area contributed by atoms with Crippen molar-refractivity contribution >= 4 is 5.97 Å². The van der Waals surface area contributed by atoms with Crippen molar-refractivity contribution < 1.29 is 15.0 Å². The number of phenols is 1. The molecule has 10 heavy (non-hydrogen) atoms. The maximum Gasteiger partial charge on any atom is 0.335 e. The third-order valence-electron chi connectivity index (χ3n) is 1.10. The Morgan fingerprint density at radius 2 is 2.00 bits per heavy atom. The summed E-state index contributed by atoms with van der Waals surface area (Å²) in [5, 5.41) is 12.5. The zero-order valence-corrected chi connectivity index (χ0v) is 5.07. The molecule has 2 N–H and O–H groups in total. The Hall–Kier alpha value is -1.51. The van der Waals surface area contributed by atoms with Gasteiger partial charge in [-0.1, -0.05) is 0 Å². The predicted molar refractivity (Wildman–Crippen MR) is 35.1 cm³/mol. The molecule has 0 fully saturated rings. The summed E-state index contributed by atoms with van der Waals surface area (Å²) < 4.78 is 6.29. The van der Waals surface area contributed by atoms with Crippen LogP contribution in [0.15, 0.2) is 24.3 Å². The van der Waals surface area contributed by atoms with Gasteiger partial charge in [-0.25, -0.2) is 4.79 Å². The number of carboxylic acid groups (broad SMARTS) is 1. The van der Waals surface area contributed by atoms with Gasteiger partial charge >= 0.3 is 5.97 Å².